The molecule has 1 heterocycles. The van der Waals surface area contributed by atoms with Gasteiger partial charge in [-0.05, 0) is 39.4 Å². The van der Waals surface area contributed by atoms with Gasteiger partial charge in [-0.1, -0.05) is 20.8 Å². The number of piperidine rings is 1. The molecule has 0 aromatic heterocycles. The maximum absolute atomic E-state index is 11.9. The van der Waals surface area contributed by atoms with Gasteiger partial charge in [-0.3, -0.25) is 4.79 Å². The van der Waals surface area contributed by atoms with Crippen molar-refractivity contribution in [3.8, 4) is 0 Å². The molecule has 0 spiro atoms. The lowest BCUT2D eigenvalue weighted by molar-refractivity contribution is -0.147. The summed E-state index contributed by atoms with van der Waals surface area (Å²) < 4.78 is 4.49. The number of nitrogens with one attached hydrogen (secondary N) is 1. The Balaban J connectivity index is 0.00000172. The Morgan fingerprint density at radius 1 is 1.40 bits per heavy atom. The molecule has 0 aliphatic carbocycles. The summed E-state index contributed by atoms with van der Waals surface area (Å²) in [6.07, 6.45) is 2.06. The molecular formula is C14H28N2O3S. The standard InChI is InChI=1S/C12H22N2O3S.C2H6/c1-3-14-7-5-12(18,6-8-14)10(13-9-15)11(16)17-4-2;1-2/h9-10,18H,3-8H2,1-2H3,(H,13,15);1-2H3. The Bertz CT molecular complexity index is 292. The van der Waals surface area contributed by atoms with Crippen molar-refractivity contribution in [2.24, 2.45) is 0 Å². The van der Waals surface area contributed by atoms with Gasteiger partial charge in [0, 0.05) is 4.75 Å². The zero-order chi connectivity index (χ0) is 15.6. The molecule has 1 fully saturated rings. The van der Waals surface area contributed by atoms with Crippen molar-refractivity contribution >= 4 is 25.0 Å². The van der Waals surface area contributed by atoms with Gasteiger partial charge in [0.1, 0.15) is 6.04 Å². The van der Waals surface area contributed by atoms with Gasteiger partial charge in [0.15, 0.2) is 0 Å². The highest BCUT2D eigenvalue weighted by Crippen LogP contribution is 2.32. The molecule has 1 aliphatic rings. The average molecular weight is 304 g/mol. The third-order valence-corrected chi connectivity index (χ3v) is 4.17. The van der Waals surface area contributed by atoms with E-state index in [9.17, 15) is 9.59 Å². The highest BCUT2D eigenvalue weighted by molar-refractivity contribution is 7.82. The van der Waals surface area contributed by atoms with Crippen molar-refractivity contribution in [2.45, 2.75) is 51.3 Å². The van der Waals surface area contributed by atoms with Crippen LogP contribution in [-0.4, -0.2) is 54.3 Å². The van der Waals surface area contributed by atoms with Gasteiger partial charge in [-0.15, -0.1) is 0 Å². The summed E-state index contributed by atoms with van der Waals surface area (Å²) >= 11 is 4.64. The number of amides is 1. The molecule has 0 saturated carbocycles. The SMILES string of the molecule is CC.CCOC(=O)C(NC=O)C1(S)CCN(CC)CC1. The summed E-state index contributed by atoms with van der Waals surface area (Å²) in [5.41, 5.74) is 0. The van der Waals surface area contributed by atoms with Crippen molar-refractivity contribution in [2.75, 3.05) is 26.2 Å². The molecule has 0 radical (unpaired) electrons. The number of carbonyl (C=O) groups excluding carboxylic acids is 2. The summed E-state index contributed by atoms with van der Waals surface area (Å²) in [5, 5.41) is 2.56. The van der Waals surface area contributed by atoms with Crippen LogP contribution in [0.3, 0.4) is 0 Å². The smallest absolute Gasteiger partial charge is 0.330 e. The van der Waals surface area contributed by atoms with Crippen molar-refractivity contribution in [3.05, 3.63) is 0 Å². The molecule has 5 nitrogen and oxygen atoms in total. The van der Waals surface area contributed by atoms with E-state index >= 15 is 0 Å². The van der Waals surface area contributed by atoms with Crippen LogP contribution < -0.4 is 5.32 Å². The monoisotopic (exact) mass is 304 g/mol. The second-order valence-electron chi connectivity index (χ2n) is 4.51. The molecule has 1 atom stereocenters. The van der Waals surface area contributed by atoms with Gasteiger partial charge >= 0.3 is 5.97 Å². The normalized spacial score (nSPS) is 19.2. The molecule has 1 aliphatic heterocycles. The summed E-state index contributed by atoms with van der Waals surface area (Å²) in [4.78, 5) is 24.9. The molecular weight excluding hydrogens is 276 g/mol. The van der Waals surface area contributed by atoms with E-state index in [4.69, 9.17) is 4.74 Å². The predicted molar refractivity (Wildman–Crippen MR) is 84.0 cm³/mol. The van der Waals surface area contributed by atoms with E-state index in [1.807, 2.05) is 13.8 Å². The number of thiol groups is 1. The van der Waals surface area contributed by atoms with Gasteiger partial charge in [0.25, 0.3) is 0 Å². The Morgan fingerprint density at radius 2 is 1.95 bits per heavy atom. The van der Waals surface area contributed by atoms with Gasteiger partial charge in [-0.2, -0.15) is 12.6 Å². The number of rotatable bonds is 6. The topological polar surface area (TPSA) is 58.6 Å². The molecule has 0 aromatic carbocycles. The number of ether oxygens (including phenoxy) is 1. The fourth-order valence-electron chi connectivity index (χ4n) is 2.28. The van der Waals surface area contributed by atoms with Crippen LogP contribution in [0.1, 0.15) is 40.5 Å². The molecule has 1 saturated heterocycles. The van der Waals surface area contributed by atoms with Gasteiger partial charge < -0.3 is 15.0 Å². The quantitative estimate of drug-likeness (QED) is 0.443. The molecule has 1 unspecified atom stereocenters. The van der Waals surface area contributed by atoms with Crippen LogP contribution in [-0.2, 0) is 14.3 Å². The maximum atomic E-state index is 11.9. The first-order valence-corrected chi connectivity index (χ1v) is 7.83. The van der Waals surface area contributed by atoms with Crippen LogP contribution in [0.25, 0.3) is 0 Å². The van der Waals surface area contributed by atoms with E-state index in [0.717, 1.165) is 32.5 Å². The number of carbonyl (C=O) groups is 2. The number of nitrogens with zero attached hydrogens (tertiary/aromatic N) is 1. The third kappa shape index (κ3) is 5.32. The highest BCUT2D eigenvalue weighted by atomic mass is 32.1. The van der Waals surface area contributed by atoms with Crippen LogP contribution in [0, 0.1) is 0 Å². The third-order valence-electron chi connectivity index (χ3n) is 3.46. The Hall–Kier alpha value is -0.750. The molecule has 20 heavy (non-hydrogen) atoms. The fourth-order valence-corrected chi connectivity index (χ4v) is 2.66. The minimum absolute atomic E-state index is 0.306. The van der Waals surface area contributed by atoms with Gasteiger partial charge in [0.05, 0.1) is 6.61 Å². The first-order chi connectivity index (χ1) is 9.57. The zero-order valence-electron chi connectivity index (χ0n) is 13.0. The molecule has 1 rings (SSSR count). The first-order valence-electron chi connectivity index (χ1n) is 7.38. The molecule has 1 amide bonds. The van der Waals surface area contributed by atoms with Gasteiger partial charge in [-0.25, -0.2) is 4.79 Å². The van der Waals surface area contributed by atoms with Crippen LogP contribution in [0.15, 0.2) is 0 Å². The molecule has 0 bridgehead atoms. The minimum Gasteiger partial charge on any atom is -0.464 e. The van der Waals surface area contributed by atoms with Crippen molar-refractivity contribution in [3.63, 3.8) is 0 Å². The summed E-state index contributed by atoms with van der Waals surface area (Å²) in [6, 6.07) is -0.669. The number of likely N-dealkylation sites (tertiary alicyclic amines) is 1. The zero-order valence-corrected chi connectivity index (χ0v) is 13.9. The van der Waals surface area contributed by atoms with E-state index in [0.29, 0.717) is 13.0 Å². The van der Waals surface area contributed by atoms with Crippen LogP contribution in [0.4, 0.5) is 0 Å². The number of hydrogen-bond acceptors (Lipinski definition) is 5. The van der Waals surface area contributed by atoms with Crippen molar-refractivity contribution in [1.29, 1.82) is 0 Å². The van der Waals surface area contributed by atoms with E-state index in [1.165, 1.54) is 0 Å². The van der Waals surface area contributed by atoms with Crippen LogP contribution in [0.2, 0.25) is 0 Å². The largest absolute Gasteiger partial charge is 0.464 e. The lowest BCUT2D eigenvalue weighted by Gasteiger charge is -2.41. The van der Waals surface area contributed by atoms with E-state index < -0.39 is 16.8 Å². The highest BCUT2D eigenvalue weighted by Gasteiger charge is 2.43. The van der Waals surface area contributed by atoms with Crippen LogP contribution in [0.5, 0.6) is 0 Å². The minimum atomic E-state index is -0.669. The number of hydrogen-bond donors (Lipinski definition) is 2. The van der Waals surface area contributed by atoms with E-state index in [-0.39, 0.29) is 0 Å². The Kier molecular flexibility index (Phi) is 9.67. The van der Waals surface area contributed by atoms with Gasteiger partial charge in [0.2, 0.25) is 6.41 Å². The average Bonchev–Trinajstić information content (AvgIpc) is 2.47. The van der Waals surface area contributed by atoms with Crippen molar-refractivity contribution in [1.82, 2.24) is 10.2 Å². The second kappa shape index (κ2) is 10.0. The van der Waals surface area contributed by atoms with E-state index in [1.54, 1.807) is 6.92 Å². The van der Waals surface area contributed by atoms with Crippen LogP contribution >= 0.6 is 12.6 Å². The summed E-state index contributed by atoms with van der Waals surface area (Å²) in [6.45, 7) is 10.9. The fraction of sp³-hybridized carbons (Fsp3) is 0.857. The first kappa shape index (κ1) is 19.2. The number of esters is 1. The predicted octanol–water partition coefficient (Wildman–Crippen LogP) is 1.47. The molecule has 0 aromatic rings. The maximum Gasteiger partial charge on any atom is 0.330 e. The molecule has 1 N–H and O–H groups in total. The lowest BCUT2D eigenvalue weighted by Crippen LogP contribution is -2.57. The molecule has 118 valence electrons. The van der Waals surface area contributed by atoms with E-state index in [2.05, 4.69) is 29.8 Å². The Morgan fingerprint density at radius 3 is 2.35 bits per heavy atom. The Labute approximate surface area is 127 Å². The summed E-state index contributed by atoms with van der Waals surface area (Å²) in [5.74, 6) is -0.399. The second-order valence-corrected chi connectivity index (χ2v) is 5.40. The van der Waals surface area contributed by atoms with Crippen molar-refractivity contribution < 1.29 is 14.3 Å². The lowest BCUT2D eigenvalue weighted by atomic mass is 9.88. The summed E-state index contributed by atoms with van der Waals surface area (Å²) in [7, 11) is 0. The molecule has 6 heteroatoms.